The Morgan fingerprint density at radius 1 is 1.24 bits per heavy atom. The predicted octanol–water partition coefficient (Wildman–Crippen LogP) is 2.80. The van der Waals surface area contributed by atoms with Gasteiger partial charge < -0.3 is 10.5 Å². The number of nitrogens with two attached hydrogens (primary N) is 1. The fourth-order valence-corrected chi connectivity index (χ4v) is 2.34. The second-order valence-electron chi connectivity index (χ2n) is 5.21. The van der Waals surface area contributed by atoms with E-state index in [1.54, 1.807) is 0 Å². The summed E-state index contributed by atoms with van der Waals surface area (Å²) in [6.07, 6.45) is 2.65. The molecule has 1 atom stereocenters. The highest BCUT2D eigenvalue weighted by molar-refractivity contribution is 5.20. The molecule has 0 aliphatic rings. The lowest BCUT2D eigenvalue weighted by Gasteiger charge is -2.13. The minimum Gasteiger partial charge on any atom is -0.494 e. The Labute approximate surface area is 126 Å². The first-order valence-corrected chi connectivity index (χ1v) is 7.72. The molecule has 0 aliphatic carbocycles. The van der Waals surface area contributed by atoms with Gasteiger partial charge >= 0.3 is 0 Å². The molecule has 0 aliphatic heterocycles. The monoisotopic (exact) mass is 287 g/mol. The number of rotatable bonds is 8. The Hall–Kier alpha value is -1.81. The summed E-state index contributed by atoms with van der Waals surface area (Å²) in [5.41, 5.74) is 8.59. The maximum Gasteiger partial charge on any atom is 0.119 e. The number of benzene rings is 1. The van der Waals surface area contributed by atoms with Crippen LogP contribution in [0, 0.1) is 0 Å². The molecule has 0 amide bonds. The quantitative estimate of drug-likeness (QED) is 0.812. The highest BCUT2D eigenvalue weighted by atomic mass is 16.5. The van der Waals surface area contributed by atoms with Crippen LogP contribution < -0.4 is 10.5 Å². The summed E-state index contributed by atoms with van der Waals surface area (Å²) in [6, 6.07) is 12.1. The molecule has 4 nitrogen and oxygen atoms in total. The first-order chi connectivity index (χ1) is 10.2. The number of hydrogen-bond acceptors (Lipinski definition) is 3. The van der Waals surface area contributed by atoms with Gasteiger partial charge in [0, 0.05) is 24.7 Å². The summed E-state index contributed by atoms with van der Waals surface area (Å²) in [7, 11) is 0. The first kappa shape index (κ1) is 15.6. The minimum absolute atomic E-state index is 0.0976. The van der Waals surface area contributed by atoms with Crippen molar-refractivity contribution in [2.75, 3.05) is 6.61 Å². The van der Waals surface area contributed by atoms with Crippen LogP contribution in [-0.4, -0.2) is 22.4 Å². The minimum atomic E-state index is 0.0976. The molecule has 114 valence electrons. The molecule has 0 saturated heterocycles. The van der Waals surface area contributed by atoms with Crippen LogP contribution in [-0.2, 0) is 19.4 Å². The van der Waals surface area contributed by atoms with Gasteiger partial charge in [-0.3, -0.25) is 4.68 Å². The van der Waals surface area contributed by atoms with Gasteiger partial charge in [-0.2, -0.15) is 5.10 Å². The smallest absolute Gasteiger partial charge is 0.119 e. The molecule has 4 heteroatoms. The van der Waals surface area contributed by atoms with Crippen molar-refractivity contribution >= 4 is 0 Å². The summed E-state index contributed by atoms with van der Waals surface area (Å²) >= 11 is 0. The van der Waals surface area contributed by atoms with Crippen LogP contribution in [0.1, 0.15) is 31.7 Å². The summed E-state index contributed by atoms with van der Waals surface area (Å²) in [4.78, 5) is 0. The van der Waals surface area contributed by atoms with Gasteiger partial charge in [0.1, 0.15) is 5.75 Å². The SMILES string of the molecule is CCc1cc(CC(N)CCOc2ccccc2)n(CC)n1. The zero-order valence-corrected chi connectivity index (χ0v) is 13.0. The normalized spacial score (nSPS) is 12.3. The van der Waals surface area contributed by atoms with Crippen LogP contribution >= 0.6 is 0 Å². The molecule has 2 aromatic rings. The zero-order valence-electron chi connectivity index (χ0n) is 13.0. The van der Waals surface area contributed by atoms with E-state index in [1.807, 2.05) is 30.3 Å². The molecule has 21 heavy (non-hydrogen) atoms. The lowest BCUT2D eigenvalue weighted by atomic mass is 10.1. The third-order valence-electron chi connectivity index (χ3n) is 3.55. The zero-order chi connectivity index (χ0) is 15.1. The molecule has 1 heterocycles. The first-order valence-electron chi connectivity index (χ1n) is 7.72. The summed E-state index contributed by atoms with van der Waals surface area (Å²) in [5, 5.41) is 4.56. The van der Waals surface area contributed by atoms with Crippen LogP contribution in [0.2, 0.25) is 0 Å². The van der Waals surface area contributed by atoms with E-state index in [2.05, 4.69) is 29.7 Å². The molecule has 0 radical (unpaired) electrons. The van der Waals surface area contributed by atoms with E-state index in [4.69, 9.17) is 10.5 Å². The summed E-state index contributed by atoms with van der Waals surface area (Å²) in [6.45, 7) is 5.77. The molecule has 2 N–H and O–H groups in total. The molecule has 0 saturated carbocycles. The van der Waals surface area contributed by atoms with Gasteiger partial charge in [-0.1, -0.05) is 25.1 Å². The predicted molar refractivity (Wildman–Crippen MR) is 85.5 cm³/mol. The molecule has 1 aromatic carbocycles. The maximum atomic E-state index is 6.22. The molecule has 1 unspecified atom stereocenters. The number of aryl methyl sites for hydroxylation is 2. The molecule has 2 rings (SSSR count). The van der Waals surface area contributed by atoms with Crippen molar-refractivity contribution < 1.29 is 4.74 Å². The fraction of sp³-hybridized carbons (Fsp3) is 0.471. The van der Waals surface area contributed by atoms with Crippen LogP contribution in [0.4, 0.5) is 0 Å². The number of aromatic nitrogens is 2. The number of hydrogen-bond donors (Lipinski definition) is 1. The Bertz CT molecular complexity index is 536. The molecule has 0 fully saturated rings. The van der Waals surface area contributed by atoms with Crippen molar-refractivity contribution in [2.45, 2.75) is 45.7 Å². The van der Waals surface area contributed by atoms with Crippen molar-refractivity contribution in [3.05, 3.63) is 47.8 Å². The van der Waals surface area contributed by atoms with Crippen molar-refractivity contribution in [3.8, 4) is 5.75 Å². The Kier molecular flexibility index (Phi) is 5.81. The molecule has 0 spiro atoms. The van der Waals surface area contributed by atoms with E-state index in [0.29, 0.717) is 6.61 Å². The van der Waals surface area contributed by atoms with Crippen molar-refractivity contribution in [3.63, 3.8) is 0 Å². The maximum absolute atomic E-state index is 6.22. The fourth-order valence-electron chi connectivity index (χ4n) is 2.34. The Balaban J connectivity index is 1.81. The number of ether oxygens (including phenoxy) is 1. The average molecular weight is 287 g/mol. The van der Waals surface area contributed by atoms with E-state index in [0.717, 1.165) is 37.3 Å². The van der Waals surface area contributed by atoms with Crippen LogP contribution in [0.5, 0.6) is 5.75 Å². The Morgan fingerprint density at radius 2 is 2.00 bits per heavy atom. The van der Waals surface area contributed by atoms with Gasteiger partial charge in [-0.25, -0.2) is 0 Å². The van der Waals surface area contributed by atoms with Crippen molar-refractivity contribution in [1.82, 2.24) is 9.78 Å². The Morgan fingerprint density at radius 3 is 2.67 bits per heavy atom. The lowest BCUT2D eigenvalue weighted by Crippen LogP contribution is -2.26. The van der Waals surface area contributed by atoms with Gasteiger partial charge in [-0.15, -0.1) is 0 Å². The van der Waals surface area contributed by atoms with Crippen LogP contribution in [0.15, 0.2) is 36.4 Å². The van der Waals surface area contributed by atoms with E-state index < -0.39 is 0 Å². The molecule has 1 aromatic heterocycles. The topological polar surface area (TPSA) is 53.1 Å². The van der Waals surface area contributed by atoms with Crippen molar-refractivity contribution in [2.24, 2.45) is 5.73 Å². The number of nitrogens with zero attached hydrogens (tertiary/aromatic N) is 2. The number of para-hydroxylation sites is 1. The van der Waals surface area contributed by atoms with Crippen molar-refractivity contribution in [1.29, 1.82) is 0 Å². The molecular formula is C17H25N3O. The standard InChI is InChI=1S/C17H25N3O/c1-3-15-13-16(20(4-2)19-15)12-14(18)10-11-21-17-8-6-5-7-9-17/h5-9,13-14H,3-4,10-12,18H2,1-2H3. The summed E-state index contributed by atoms with van der Waals surface area (Å²) in [5.74, 6) is 0.900. The van der Waals surface area contributed by atoms with E-state index in [9.17, 15) is 0 Å². The second kappa shape index (κ2) is 7.84. The van der Waals surface area contributed by atoms with Crippen LogP contribution in [0.25, 0.3) is 0 Å². The van der Waals surface area contributed by atoms with E-state index in [1.165, 1.54) is 5.69 Å². The lowest BCUT2D eigenvalue weighted by molar-refractivity contribution is 0.296. The van der Waals surface area contributed by atoms with Gasteiger partial charge in [0.05, 0.1) is 12.3 Å². The molecule has 0 bridgehead atoms. The van der Waals surface area contributed by atoms with Gasteiger partial charge in [0.25, 0.3) is 0 Å². The van der Waals surface area contributed by atoms with Gasteiger partial charge in [-0.05, 0) is 38.0 Å². The summed E-state index contributed by atoms with van der Waals surface area (Å²) < 4.78 is 7.75. The highest BCUT2D eigenvalue weighted by Crippen LogP contribution is 2.11. The average Bonchev–Trinajstić information content (AvgIpc) is 2.90. The van der Waals surface area contributed by atoms with E-state index in [-0.39, 0.29) is 6.04 Å². The third-order valence-corrected chi connectivity index (χ3v) is 3.55. The highest BCUT2D eigenvalue weighted by Gasteiger charge is 2.10. The second-order valence-corrected chi connectivity index (χ2v) is 5.21. The molecular weight excluding hydrogens is 262 g/mol. The third kappa shape index (κ3) is 4.60. The largest absolute Gasteiger partial charge is 0.494 e. The van der Waals surface area contributed by atoms with Gasteiger partial charge in [0.15, 0.2) is 0 Å². The van der Waals surface area contributed by atoms with Crippen LogP contribution in [0.3, 0.4) is 0 Å². The van der Waals surface area contributed by atoms with E-state index >= 15 is 0 Å². The van der Waals surface area contributed by atoms with Gasteiger partial charge in [0.2, 0.25) is 0 Å².